The highest BCUT2D eigenvalue weighted by Gasteiger charge is 2.16. The lowest BCUT2D eigenvalue weighted by Crippen LogP contribution is -2.15. The van der Waals surface area contributed by atoms with Crippen LogP contribution in [0, 0.1) is 0 Å². The standard InChI is InChI=1S/C18H14Cl2N2O4S2/c19-15-2-1-3-16(17(15)20)26-11-13(23)10-12-4-6-14(7-5-12)28(24,25)22-18-21-8-9-27-18/h1-9H,10-11H2,(H,21,22). The highest BCUT2D eigenvalue weighted by Crippen LogP contribution is 2.31. The van der Waals surface area contributed by atoms with Crippen molar-refractivity contribution in [3.63, 3.8) is 0 Å². The van der Waals surface area contributed by atoms with Gasteiger partial charge in [0.25, 0.3) is 10.0 Å². The smallest absolute Gasteiger partial charge is 0.263 e. The van der Waals surface area contributed by atoms with Crippen molar-refractivity contribution < 1.29 is 17.9 Å². The van der Waals surface area contributed by atoms with Crippen molar-refractivity contribution in [2.45, 2.75) is 11.3 Å². The van der Waals surface area contributed by atoms with E-state index in [0.717, 1.165) is 0 Å². The Morgan fingerprint density at radius 1 is 1.14 bits per heavy atom. The largest absolute Gasteiger partial charge is 0.484 e. The molecule has 28 heavy (non-hydrogen) atoms. The summed E-state index contributed by atoms with van der Waals surface area (Å²) in [5.74, 6) is 0.143. The van der Waals surface area contributed by atoms with Crippen molar-refractivity contribution in [1.82, 2.24) is 4.98 Å². The van der Waals surface area contributed by atoms with E-state index in [1.54, 1.807) is 35.7 Å². The van der Waals surface area contributed by atoms with E-state index in [9.17, 15) is 13.2 Å². The summed E-state index contributed by atoms with van der Waals surface area (Å²) in [5.41, 5.74) is 0.666. The highest BCUT2D eigenvalue weighted by atomic mass is 35.5. The molecule has 0 aliphatic heterocycles. The molecule has 0 aliphatic carbocycles. The number of hydrogen-bond acceptors (Lipinski definition) is 6. The molecule has 0 saturated carbocycles. The number of benzene rings is 2. The molecular weight excluding hydrogens is 443 g/mol. The topological polar surface area (TPSA) is 85.4 Å². The molecule has 2 aromatic carbocycles. The van der Waals surface area contributed by atoms with Gasteiger partial charge in [-0.15, -0.1) is 11.3 Å². The van der Waals surface area contributed by atoms with Crippen LogP contribution in [0.25, 0.3) is 0 Å². The van der Waals surface area contributed by atoms with Crippen LogP contribution in [0.3, 0.4) is 0 Å². The van der Waals surface area contributed by atoms with Gasteiger partial charge in [0.05, 0.1) is 9.92 Å². The first kappa shape index (κ1) is 20.6. The maximum atomic E-state index is 12.3. The fourth-order valence-electron chi connectivity index (χ4n) is 2.27. The van der Waals surface area contributed by atoms with Gasteiger partial charge < -0.3 is 4.74 Å². The third-order valence-electron chi connectivity index (χ3n) is 3.59. The molecule has 0 unspecified atom stereocenters. The van der Waals surface area contributed by atoms with Crippen LogP contribution in [0.15, 0.2) is 58.9 Å². The lowest BCUT2D eigenvalue weighted by molar-refractivity contribution is -0.120. The number of rotatable bonds is 8. The summed E-state index contributed by atoms with van der Waals surface area (Å²) in [6.07, 6.45) is 1.61. The zero-order valence-corrected chi connectivity index (χ0v) is 17.4. The Morgan fingerprint density at radius 2 is 1.89 bits per heavy atom. The zero-order valence-electron chi connectivity index (χ0n) is 14.3. The quantitative estimate of drug-likeness (QED) is 0.541. The summed E-state index contributed by atoms with van der Waals surface area (Å²) in [4.78, 5) is 16.1. The van der Waals surface area contributed by atoms with Crippen LogP contribution in [0.4, 0.5) is 5.13 Å². The summed E-state index contributed by atoms with van der Waals surface area (Å²) < 4.78 is 32.4. The van der Waals surface area contributed by atoms with Crippen LogP contribution in [-0.4, -0.2) is 25.8 Å². The van der Waals surface area contributed by atoms with Crippen molar-refractivity contribution >= 4 is 55.5 Å². The minimum atomic E-state index is -3.72. The van der Waals surface area contributed by atoms with E-state index in [1.165, 1.54) is 29.7 Å². The minimum Gasteiger partial charge on any atom is -0.484 e. The average molecular weight is 457 g/mol. The number of Topliss-reactive ketones (excluding diaryl/α,β-unsaturated/α-hetero) is 1. The summed E-state index contributed by atoms with van der Waals surface area (Å²) in [5, 5.41) is 2.55. The van der Waals surface area contributed by atoms with E-state index in [2.05, 4.69) is 9.71 Å². The molecule has 1 aromatic heterocycles. The van der Waals surface area contributed by atoms with Gasteiger partial charge in [0.1, 0.15) is 17.4 Å². The van der Waals surface area contributed by atoms with Gasteiger partial charge in [0.15, 0.2) is 10.9 Å². The van der Waals surface area contributed by atoms with Gasteiger partial charge in [-0.2, -0.15) is 0 Å². The zero-order chi connectivity index (χ0) is 20.1. The maximum absolute atomic E-state index is 12.3. The van der Waals surface area contributed by atoms with Crippen molar-refractivity contribution in [2.75, 3.05) is 11.3 Å². The van der Waals surface area contributed by atoms with Gasteiger partial charge in [0.2, 0.25) is 0 Å². The molecular formula is C18H14Cl2N2O4S2. The number of thiazole rings is 1. The second kappa shape index (κ2) is 8.91. The van der Waals surface area contributed by atoms with Gasteiger partial charge in [-0.05, 0) is 29.8 Å². The molecule has 0 bridgehead atoms. The van der Waals surface area contributed by atoms with E-state index in [-0.39, 0.29) is 33.9 Å². The number of carbonyl (C=O) groups excluding carboxylic acids is 1. The molecule has 0 saturated heterocycles. The molecule has 1 N–H and O–H groups in total. The van der Waals surface area contributed by atoms with Gasteiger partial charge in [-0.25, -0.2) is 13.4 Å². The molecule has 6 nitrogen and oxygen atoms in total. The predicted octanol–water partition coefficient (Wildman–Crippen LogP) is 4.44. The van der Waals surface area contributed by atoms with Crippen molar-refractivity contribution in [2.24, 2.45) is 0 Å². The van der Waals surface area contributed by atoms with E-state index < -0.39 is 10.0 Å². The molecule has 3 aromatic rings. The van der Waals surface area contributed by atoms with Gasteiger partial charge in [-0.1, -0.05) is 41.4 Å². The normalized spacial score (nSPS) is 11.2. The lowest BCUT2D eigenvalue weighted by atomic mass is 10.1. The molecule has 3 rings (SSSR count). The van der Waals surface area contributed by atoms with Crippen LogP contribution >= 0.6 is 34.5 Å². The third kappa shape index (κ3) is 5.23. The fourth-order valence-corrected chi connectivity index (χ4v) is 4.40. The molecule has 10 heteroatoms. The van der Waals surface area contributed by atoms with Crippen LogP contribution in [-0.2, 0) is 21.2 Å². The summed E-state index contributed by atoms with van der Waals surface area (Å²) in [7, 11) is -3.72. The molecule has 0 fully saturated rings. The lowest BCUT2D eigenvalue weighted by Gasteiger charge is -2.09. The summed E-state index contributed by atoms with van der Waals surface area (Å²) >= 11 is 13.1. The van der Waals surface area contributed by atoms with Gasteiger partial charge in [0, 0.05) is 18.0 Å². The Hall–Kier alpha value is -2.13. The van der Waals surface area contributed by atoms with Crippen molar-refractivity contribution in [1.29, 1.82) is 0 Å². The first-order valence-corrected chi connectivity index (χ1v) is 11.1. The SMILES string of the molecule is O=C(COc1cccc(Cl)c1Cl)Cc1ccc(S(=O)(=O)Nc2nccs2)cc1. The van der Waals surface area contributed by atoms with Crippen LogP contribution < -0.4 is 9.46 Å². The number of nitrogens with zero attached hydrogens (tertiary/aromatic N) is 1. The minimum absolute atomic E-state index is 0.0841. The Kier molecular flexibility index (Phi) is 6.56. The van der Waals surface area contributed by atoms with Crippen molar-refractivity contribution in [3.8, 4) is 5.75 Å². The van der Waals surface area contributed by atoms with Crippen LogP contribution in [0.5, 0.6) is 5.75 Å². The number of ether oxygens (including phenoxy) is 1. The number of carbonyl (C=O) groups is 1. The van der Waals surface area contributed by atoms with E-state index >= 15 is 0 Å². The molecule has 0 radical (unpaired) electrons. The molecule has 0 aliphatic rings. The van der Waals surface area contributed by atoms with Crippen LogP contribution in [0.1, 0.15) is 5.56 Å². The second-order valence-electron chi connectivity index (χ2n) is 5.64. The summed E-state index contributed by atoms with van der Waals surface area (Å²) in [6.45, 7) is -0.175. The Bertz CT molecular complexity index is 1070. The third-order valence-corrected chi connectivity index (χ3v) is 6.57. The second-order valence-corrected chi connectivity index (χ2v) is 9.00. The molecule has 0 amide bonds. The number of anilines is 1. The monoisotopic (exact) mass is 456 g/mol. The molecule has 0 spiro atoms. The molecule has 1 heterocycles. The van der Waals surface area contributed by atoms with E-state index in [0.29, 0.717) is 16.3 Å². The number of ketones is 1. The van der Waals surface area contributed by atoms with E-state index in [1.807, 2.05) is 0 Å². The molecule has 0 atom stereocenters. The van der Waals surface area contributed by atoms with E-state index in [4.69, 9.17) is 27.9 Å². The number of aromatic nitrogens is 1. The predicted molar refractivity (Wildman–Crippen MR) is 110 cm³/mol. The maximum Gasteiger partial charge on any atom is 0.263 e. The Labute approximate surface area is 176 Å². The van der Waals surface area contributed by atoms with Gasteiger partial charge in [-0.3, -0.25) is 9.52 Å². The average Bonchev–Trinajstić information content (AvgIpc) is 3.16. The van der Waals surface area contributed by atoms with Crippen molar-refractivity contribution in [3.05, 3.63) is 69.7 Å². The van der Waals surface area contributed by atoms with Crippen LogP contribution in [0.2, 0.25) is 10.0 Å². The fraction of sp³-hybridized carbons (Fsp3) is 0.111. The number of sulfonamides is 1. The van der Waals surface area contributed by atoms with Gasteiger partial charge >= 0.3 is 0 Å². The number of nitrogens with one attached hydrogen (secondary N) is 1. The summed E-state index contributed by atoms with van der Waals surface area (Å²) in [6, 6.07) is 11.0. The number of halogens is 2. The molecule has 146 valence electrons. The Morgan fingerprint density at radius 3 is 2.57 bits per heavy atom. The first-order valence-electron chi connectivity index (χ1n) is 7.95. The first-order chi connectivity index (χ1) is 13.3. The highest BCUT2D eigenvalue weighted by molar-refractivity contribution is 7.93. The Balaban J connectivity index is 1.59. The number of hydrogen-bond donors (Lipinski definition) is 1.